The van der Waals surface area contributed by atoms with Crippen LogP contribution in [0.15, 0.2) is 91.5 Å². The minimum Gasteiger partial charge on any atom is -0.345 e. The molecule has 0 aliphatic rings. The van der Waals surface area contributed by atoms with Crippen LogP contribution in [0.1, 0.15) is 10.4 Å². The molecule has 0 bridgehead atoms. The fraction of sp³-hybridized carbons (Fsp3) is 0. The Hall–Kier alpha value is -4.19. The Morgan fingerprint density at radius 1 is 0.931 bits per heavy atom. The molecule has 2 aromatic heterocycles. The van der Waals surface area contributed by atoms with Crippen molar-refractivity contribution >= 4 is 22.6 Å². The van der Waals surface area contributed by atoms with Gasteiger partial charge in [-0.2, -0.15) is 0 Å². The van der Waals surface area contributed by atoms with Crippen LogP contribution in [0.4, 0.5) is 5.69 Å². The number of rotatable bonds is 4. The number of aromatic amines is 1. The van der Waals surface area contributed by atoms with Crippen LogP contribution in [0, 0.1) is 0 Å². The minimum absolute atomic E-state index is 0.163. The lowest BCUT2D eigenvalue weighted by molar-refractivity contribution is 0.102. The zero-order valence-corrected chi connectivity index (χ0v) is 15.4. The van der Waals surface area contributed by atoms with Crippen LogP contribution in [0.3, 0.4) is 0 Å². The van der Waals surface area contributed by atoms with E-state index in [4.69, 9.17) is 0 Å². The Balaban J connectivity index is 1.38. The quantitative estimate of drug-likeness (QED) is 0.476. The zero-order valence-electron chi connectivity index (χ0n) is 15.4. The molecule has 2 N–H and O–H groups in total. The molecule has 0 aliphatic heterocycles. The van der Waals surface area contributed by atoms with Gasteiger partial charge >= 0.3 is 0 Å². The Bertz CT molecular complexity index is 1290. The number of para-hydroxylation sites is 2. The van der Waals surface area contributed by atoms with Gasteiger partial charge in [-0.25, -0.2) is 9.97 Å². The third kappa shape index (κ3) is 3.27. The average molecular weight is 379 g/mol. The van der Waals surface area contributed by atoms with Crippen molar-refractivity contribution in [1.82, 2.24) is 19.5 Å². The van der Waals surface area contributed by atoms with E-state index in [9.17, 15) is 4.79 Å². The molecule has 6 heteroatoms. The second-order valence-corrected chi connectivity index (χ2v) is 6.62. The number of hydrogen-bond acceptors (Lipinski definition) is 3. The van der Waals surface area contributed by atoms with Crippen LogP contribution in [-0.4, -0.2) is 25.4 Å². The number of carbonyl (C=O) groups excluding carboxylic acids is 1. The molecular formula is C23H17N5O. The number of H-pyrrole nitrogens is 1. The number of amides is 1. The van der Waals surface area contributed by atoms with E-state index in [1.807, 2.05) is 65.2 Å². The lowest BCUT2D eigenvalue weighted by Gasteiger charge is -2.09. The molecule has 5 aromatic rings. The predicted octanol–water partition coefficient (Wildman–Crippen LogP) is 4.67. The molecule has 0 unspecified atom stereocenters. The SMILES string of the molecule is O=C(Nc1cccc(-n2cnc3ccccc32)c1)c1ccc(-c2ncc[nH]2)cc1. The predicted molar refractivity (Wildman–Crippen MR) is 113 cm³/mol. The number of anilines is 1. The first kappa shape index (κ1) is 16.9. The van der Waals surface area contributed by atoms with Crippen LogP contribution in [0.25, 0.3) is 28.1 Å². The Kier molecular flexibility index (Phi) is 4.14. The van der Waals surface area contributed by atoms with Gasteiger partial charge < -0.3 is 10.3 Å². The van der Waals surface area contributed by atoms with Gasteiger partial charge in [-0.05, 0) is 42.5 Å². The lowest BCUT2D eigenvalue weighted by atomic mass is 10.1. The van der Waals surface area contributed by atoms with Crippen LogP contribution >= 0.6 is 0 Å². The van der Waals surface area contributed by atoms with Gasteiger partial charge in [-0.3, -0.25) is 9.36 Å². The molecule has 2 heterocycles. The smallest absolute Gasteiger partial charge is 0.255 e. The number of carbonyl (C=O) groups is 1. The van der Waals surface area contributed by atoms with Crippen molar-refractivity contribution in [3.63, 3.8) is 0 Å². The van der Waals surface area contributed by atoms with Gasteiger partial charge in [0.05, 0.1) is 11.0 Å². The average Bonchev–Trinajstić information content (AvgIpc) is 3.44. The third-order valence-corrected chi connectivity index (χ3v) is 4.75. The highest BCUT2D eigenvalue weighted by Crippen LogP contribution is 2.21. The van der Waals surface area contributed by atoms with Gasteiger partial charge in [0.15, 0.2) is 0 Å². The summed E-state index contributed by atoms with van der Waals surface area (Å²) < 4.78 is 2.00. The molecule has 0 spiro atoms. The van der Waals surface area contributed by atoms with E-state index in [0.29, 0.717) is 5.56 Å². The van der Waals surface area contributed by atoms with E-state index in [-0.39, 0.29) is 5.91 Å². The van der Waals surface area contributed by atoms with Gasteiger partial charge in [0.1, 0.15) is 12.2 Å². The lowest BCUT2D eigenvalue weighted by Crippen LogP contribution is -2.12. The largest absolute Gasteiger partial charge is 0.345 e. The maximum Gasteiger partial charge on any atom is 0.255 e. The topological polar surface area (TPSA) is 75.6 Å². The van der Waals surface area contributed by atoms with Gasteiger partial charge in [0.25, 0.3) is 5.91 Å². The van der Waals surface area contributed by atoms with Crippen molar-refractivity contribution in [2.24, 2.45) is 0 Å². The standard InChI is InChI=1S/C23H17N5O/c29-23(17-10-8-16(9-11-17)22-24-12-13-25-22)27-18-4-3-5-19(14-18)28-15-26-20-6-1-2-7-21(20)28/h1-15H,(H,24,25)(H,27,29). The molecular weight excluding hydrogens is 362 g/mol. The molecule has 1 amide bonds. The molecule has 6 nitrogen and oxygen atoms in total. The molecule has 0 aliphatic carbocycles. The molecule has 0 saturated carbocycles. The number of nitrogens with one attached hydrogen (secondary N) is 2. The highest BCUT2D eigenvalue weighted by molar-refractivity contribution is 6.04. The molecule has 0 fully saturated rings. The van der Waals surface area contributed by atoms with Crippen molar-refractivity contribution in [3.05, 3.63) is 97.1 Å². The van der Waals surface area contributed by atoms with Gasteiger partial charge in [0.2, 0.25) is 0 Å². The number of hydrogen-bond donors (Lipinski definition) is 2. The van der Waals surface area contributed by atoms with Crippen molar-refractivity contribution in [2.45, 2.75) is 0 Å². The summed E-state index contributed by atoms with van der Waals surface area (Å²) in [6.07, 6.45) is 5.26. The van der Waals surface area contributed by atoms with E-state index in [0.717, 1.165) is 33.8 Å². The van der Waals surface area contributed by atoms with E-state index in [1.165, 1.54) is 0 Å². The van der Waals surface area contributed by atoms with E-state index in [1.54, 1.807) is 30.9 Å². The third-order valence-electron chi connectivity index (χ3n) is 4.75. The Morgan fingerprint density at radius 2 is 1.79 bits per heavy atom. The Labute approximate surface area is 166 Å². The molecule has 0 saturated heterocycles. The van der Waals surface area contributed by atoms with Crippen LogP contribution in [0.2, 0.25) is 0 Å². The minimum atomic E-state index is -0.163. The first-order valence-electron chi connectivity index (χ1n) is 9.22. The summed E-state index contributed by atoms with van der Waals surface area (Å²) in [5, 5.41) is 2.97. The Morgan fingerprint density at radius 3 is 2.62 bits per heavy atom. The fourth-order valence-electron chi connectivity index (χ4n) is 3.30. The number of nitrogens with zero attached hydrogens (tertiary/aromatic N) is 3. The molecule has 140 valence electrons. The number of fused-ring (bicyclic) bond motifs is 1. The maximum absolute atomic E-state index is 12.7. The maximum atomic E-state index is 12.7. The van der Waals surface area contributed by atoms with Crippen LogP contribution in [-0.2, 0) is 0 Å². The van der Waals surface area contributed by atoms with Gasteiger partial charge in [-0.1, -0.05) is 30.3 Å². The molecule has 0 radical (unpaired) electrons. The number of aromatic nitrogens is 4. The summed E-state index contributed by atoms with van der Waals surface area (Å²) in [5.74, 6) is 0.612. The molecule has 29 heavy (non-hydrogen) atoms. The van der Waals surface area contributed by atoms with Crippen molar-refractivity contribution in [3.8, 4) is 17.1 Å². The van der Waals surface area contributed by atoms with Crippen molar-refractivity contribution < 1.29 is 4.79 Å². The second-order valence-electron chi connectivity index (χ2n) is 6.62. The summed E-state index contributed by atoms with van der Waals surface area (Å²) in [6, 6.07) is 23.0. The van der Waals surface area contributed by atoms with E-state index in [2.05, 4.69) is 20.3 Å². The molecule has 0 atom stereocenters. The highest BCUT2D eigenvalue weighted by Gasteiger charge is 2.09. The van der Waals surface area contributed by atoms with Gasteiger partial charge in [0, 0.05) is 34.9 Å². The zero-order chi connectivity index (χ0) is 19.6. The highest BCUT2D eigenvalue weighted by atomic mass is 16.1. The normalized spacial score (nSPS) is 10.9. The summed E-state index contributed by atoms with van der Waals surface area (Å²) in [6.45, 7) is 0. The van der Waals surface area contributed by atoms with Crippen molar-refractivity contribution in [1.29, 1.82) is 0 Å². The second kappa shape index (κ2) is 7.09. The first-order chi connectivity index (χ1) is 14.3. The molecule has 5 rings (SSSR count). The first-order valence-corrected chi connectivity index (χ1v) is 9.22. The number of benzene rings is 3. The van der Waals surface area contributed by atoms with Crippen LogP contribution in [0.5, 0.6) is 0 Å². The van der Waals surface area contributed by atoms with Crippen molar-refractivity contribution in [2.75, 3.05) is 5.32 Å². The van der Waals surface area contributed by atoms with E-state index >= 15 is 0 Å². The van der Waals surface area contributed by atoms with Crippen LogP contribution < -0.4 is 5.32 Å². The van der Waals surface area contributed by atoms with Gasteiger partial charge in [-0.15, -0.1) is 0 Å². The molecule has 3 aromatic carbocycles. The summed E-state index contributed by atoms with van der Waals surface area (Å²) in [4.78, 5) is 24.4. The fourth-order valence-corrected chi connectivity index (χ4v) is 3.30. The summed E-state index contributed by atoms with van der Waals surface area (Å²) in [7, 11) is 0. The summed E-state index contributed by atoms with van der Waals surface area (Å²) >= 11 is 0. The monoisotopic (exact) mass is 379 g/mol. The number of imidazole rings is 2. The van der Waals surface area contributed by atoms with E-state index < -0.39 is 0 Å². The summed E-state index contributed by atoms with van der Waals surface area (Å²) in [5.41, 5.74) is 5.12.